The van der Waals surface area contributed by atoms with Crippen LogP contribution in [-0.2, 0) is 9.84 Å². The first-order valence-electron chi connectivity index (χ1n) is 4.83. The van der Waals surface area contributed by atoms with Crippen molar-refractivity contribution in [2.45, 2.75) is 6.42 Å². The van der Waals surface area contributed by atoms with Crippen LogP contribution in [0, 0.1) is 11.6 Å². The van der Waals surface area contributed by atoms with Crippen molar-refractivity contribution in [2.75, 3.05) is 11.5 Å². The molecule has 5 heteroatoms. The molecule has 0 saturated carbocycles. The zero-order chi connectivity index (χ0) is 11.8. The van der Waals surface area contributed by atoms with Crippen molar-refractivity contribution in [1.29, 1.82) is 0 Å². The largest absolute Gasteiger partial charge is 0.229 e. The van der Waals surface area contributed by atoms with E-state index in [1.807, 2.05) is 0 Å². The fourth-order valence-corrected chi connectivity index (χ4v) is 2.86. The van der Waals surface area contributed by atoms with Gasteiger partial charge in [0.15, 0.2) is 9.84 Å². The van der Waals surface area contributed by atoms with Gasteiger partial charge < -0.3 is 0 Å². The maximum absolute atomic E-state index is 13.4. The molecule has 1 heterocycles. The summed E-state index contributed by atoms with van der Waals surface area (Å²) in [5.74, 6) is -1.49. The van der Waals surface area contributed by atoms with E-state index in [0.717, 1.165) is 0 Å². The van der Waals surface area contributed by atoms with Crippen LogP contribution < -0.4 is 0 Å². The number of allylic oxidation sites excluding steroid dienone is 1. The molecule has 86 valence electrons. The summed E-state index contributed by atoms with van der Waals surface area (Å²) >= 11 is 0. The molecule has 0 bridgehead atoms. The molecule has 1 aliphatic rings. The van der Waals surface area contributed by atoms with E-state index in [-0.39, 0.29) is 23.5 Å². The van der Waals surface area contributed by atoms with Gasteiger partial charge in [-0.3, -0.25) is 0 Å². The van der Waals surface area contributed by atoms with Gasteiger partial charge >= 0.3 is 0 Å². The van der Waals surface area contributed by atoms with E-state index < -0.39 is 21.5 Å². The summed E-state index contributed by atoms with van der Waals surface area (Å²) < 4.78 is 49.1. The zero-order valence-corrected chi connectivity index (χ0v) is 9.23. The van der Waals surface area contributed by atoms with Crippen molar-refractivity contribution in [3.8, 4) is 0 Å². The Bertz CT molecular complexity index is 527. The molecular weight excluding hydrogens is 234 g/mol. The summed E-state index contributed by atoms with van der Waals surface area (Å²) in [5, 5.41) is 0. The summed E-state index contributed by atoms with van der Waals surface area (Å²) in [5.41, 5.74) is 0.336. The highest BCUT2D eigenvalue weighted by atomic mass is 32.2. The lowest BCUT2D eigenvalue weighted by atomic mass is 10.0. The average Bonchev–Trinajstić information content (AvgIpc) is 2.20. The van der Waals surface area contributed by atoms with Crippen molar-refractivity contribution in [3.63, 3.8) is 0 Å². The Morgan fingerprint density at radius 2 is 1.75 bits per heavy atom. The summed E-state index contributed by atoms with van der Waals surface area (Å²) in [6, 6.07) is 3.62. The molecule has 0 amide bonds. The van der Waals surface area contributed by atoms with Gasteiger partial charge in [0.2, 0.25) is 0 Å². The number of benzene rings is 1. The zero-order valence-electron chi connectivity index (χ0n) is 8.41. The summed E-state index contributed by atoms with van der Waals surface area (Å²) in [7, 11) is -3.07. The standard InChI is InChI=1S/C11H10F2O2S/c12-9-2-1-3-10(13)11(9)8-4-6-16(14,15)7-5-8/h1-4H,5-7H2. The fourth-order valence-electron chi connectivity index (χ4n) is 1.71. The Kier molecular flexibility index (Phi) is 2.80. The summed E-state index contributed by atoms with van der Waals surface area (Å²) in [4.78, 5) is 0. The van der Waals surface area contributed by atoms with E-state index in [9.17, 15) is 17.2 Å². The maximum atomic E-state index is 13.4. The highest BCUT2D eigenvalue weighted by Crippen LogP contribution is 2.27. The van der Waals surface area contributed by atoms with Gasteiger partial charge in [0.25, 0.3) is 0 Å². The second-order valence-corrected chi connectivity index (χ2v) is 5.92. The topological polar surface area (TPSA) is 34.1 Å². The van der Waals surface area contributed by atoms with Crippen LogP contribution in [0.3, 0.4) is 0 Å². The van der Waals surface area contributed by atoms with Crippen molar-refractivity contribution in [1.82, 2.24) is 0 Å². The Balaban J connectivity index is 2.44. The first-order valence-corrected chi connectivity index (χ1v) is 6.65. The molecule has 1 aromatic rings. The predicted molar refractivity (Wildman–Crippen MR) is 57.6 cm³/mol. The van der Waals surface area contributed by atoms with Gasteiger partial charge in [-0.05, 0) is 24.1 Å². The average molecular weight is 244 g/mol. The first-order chi connectivity index (χ1) is 7.49. The molecule has 0 fully saturated rings. The van der Waals surface area contributed by atoms with E-state index in [1.54, 1.807) is 0 Å². The maximum Gasteiger partial charge on any atom is 0.154 e. The van der Waals surface area contributed by atoms with Crippen LogP contribution in [0.15, 0.2) is 24.3 Å². The Morgan fingerprint density at radius 3 is 2.25 bits per heavy atom. The number of rotatable bonds is 1. The highest BCUT2D eigenvalue weighted by Gasteiger charge is 2.21. The van der Waals surface area contributed by atoms with Crippen LogP contribution in [0.2, 0.25) is 0 Å². The molecule has 0 spiro atoms. The summed E-state index contributed by atoms with van der Waals surface area (Å²) in [6.45, 7) is 0. The molecule has 0 atom stereocenters. The van der Waals surface area contributed by atoms with Crippen molar-refractivity contribution in [3.05, 3.63) is 41.5 Å². The molecular formula is C11H10F2O2S. The lowest BCUT2D eigenvalue weighted by Crippen LogP contribution is -2.15. The lowest BCUT2D eigenvalue weighted by molar-refractivity contribution is 0.574. The monoisotopic (exact) mass is 244 g/mol. The Hall–Kier alpha value is -1.23. The van der Waals surface area contributed by atoms with E-state index in [0.29, 0.717) is 5.57 Å². The molecule has 1 aliphatic heterocycles. The van der Waals surface area contributed by atoms with Gasteiger partial charge in [-0.15, -0.1) is 0 Å². The Labute approximate surface area is 92.5 Å². The van der Waals surface area contributed by atoms with Gasteiger partial charge in [-0.25, -0.2) is 17.2 Å². The minimum atomic E-state index is -3.07. The SMILES string of the molecule is O=S1(=O)CC=C(c2c(F)cccc2F)CC1. The van der Waals surface area contributed by atoms with Crippen LogP contribution in [0.1, 0.15) is 12.0 Å². The first kappa shape index (κ1) is 11.3. The van der Waals surface area contributed by atoms with Gasteiger partial charge in [0.1, 0.15) is 11.6 Å². The third-order valence-electron chi connectivity index (χ3n) is 2.55. The minimum Gasteiger partial charge on any atom is -0.229 e. The molecule has 2 rings (SSSR count). The number of hydrogen-bond donors (Lipinski definition) is 0. The van der Waals surface area contributed by atoms with E-state index in [2.05, 4.69) is 0 Å². The van der Waals surface area contributed by atoms with Gasteiger partial charge in [0, 0.05) is 5.56 Å². The molecule has 0 radical (unpaired) electrons. The second-order valence-electron chi connectivity index (χ2n) is 3.69. The van der Waals surface area contributed by atoms with Crippen LogP contribution in [0.4, 0.5) is 8.78 Å². The summed E-state index contributed by atoms with van der Waals surface area (Å²) in [6.07, 6.45) is 1.56. The third kappa shape index (κ3) is 2.14. The molecule has 0 aliphatic carbocycles. The quantitative estimate of drug-likeness (QED) is 0.758. The molecule has 0 unspecified atom stereocenters. The van der Waals surface area contributed by atoms with Crippen LogP contribution in [0.25, 0.3) is 5.57 Å². The van der Waals surface area contributed by atoms with Crippen LogP contribution >= 0.6 is 0 Å². The minimum absolute atomic E-state index is 0.0490. The predicted octanol–water partition coefficient (Wildman–Crippen LogP) is 2.17. The van der Waals surface area contributed by atoms with Gasteiger partial charge in [0.05, 0.1) is 11.5 Å². The number of sulfone groups is 1. The number of halogens is 2. The molecule has 0 saturated heterocycles. The van der Waals surface area contributed by atoms with Gasteiger partial charge in [-0.1, -0.05) is 12.1 Å². The molecule has 16 heavy (non-hydrogen) atoms. The second kappa shape index (κ2) is 3.97. The lowest BCUT2D eigenvalue weighted by Gasteiger charge is -2.14. The highest BCUT2D eigenvalue weighted by molar-refractivity contribution is 7.91. The van der Waals surface area contributed by atoms with E-state index in [1.165, 1.54) is 24.3 Å². The fraction of sp³-hybridized carbons (Fsp3) is 0.273. The molecule has 0 aromatic heterocycles. The van der Waals surface area contributed by atoms with Crippen LogP contribution in [0.5, 0.6) is 0 Å². The van der Waals surface area contributed by atoms with E-state index in [4.69, 9.17) is 0 Å². The molecule has 1 aromatic carbocycles. The van der Waals surface area contributed by atoms with Crippen molar-refractivity contribution >= 4 is 15.4 Å². The molecule has 2 nitrogen and oxygen atoms in total. The van der Waals surface area contributed by atoms with Crippen molar-refractivity contribution < 1.29 is 17.2 Å². The smallest absolute Gasteiger partial charge is 0.154 e. The van der Waals surface area contributed by atoms with Crippen molar-refractivity contribution in [2.24, 2.45) is 0 Å². The third-order valence-corrected chi connectivity index (χ3v) is 4.05. The normalized spacial score (nSPS) is 19.2. The Morgan fingerprint density at radius 1 is 1.12 bits per heavy atom. The van der Waals surface area contributed by atoms with E-state index >= 15 is 0 Å². The number of hydrogen-bond acceptors (Lipinski definition) is 2. The molecule has 0 N–H and O–H groups in total. The van der Waals surface area contributed by atoms with Gasteiger partial charge in [-0.2, -0.15) is 0 Å². The van der Waals surface area contributed by atoms with Crippen LogP contribution in [-0.4, -0.2) is 19.9 Å².